The second kappa shape index (κ2) is 9.58. The summed E-state index contributed by atoms with van der Waals surface area (Å²) in [6, 6.07) is 6.06. The molecule has 0 radical (unpaired) electrons. The van der Waals surface area contributed by atoms with Crippen LogP contribution in [0.25, 0.3) is 11.3 Å². The molecule has 2 N–H and O–H groups in total. The molecule has 0 amide bonds. The molecule has 2 heterocycles. The minimum Gasteiger partial charge on any atom is -0.394 e. The first-order valence-corrected chi connectivity index (χ1v) is 11.0. The maximum absolute atomic E-state index is 13.6. The van der Waals surface area contributed by atoms with Crippen molar-refractivity contribution in [2.75, 3.05) is 6.61 Å². The second-order valence-electron chi connectivity index (χ2n) is 7.11. The second-order valence-corrected chi connectivity index (χ2v) is 9.16. The quantitative estimate of drug-likeness (QED) is 0.498. The molecule has 32 heavy (non-hydrogen) atoms. The Morgan fingerprint density at radius 2 is 1.84 bits per heavy atom. The summed E-state index contributed by atoms with van der Waals surface area (Å²) in [6.07, 6.45) is -0.359. The summed E-state index contributed by atoms with van der Waals surface area (Å²) in [5.74, 6) is -4.27. The molecule has 3 aromatic rings. The van der Waals surface area contributed by atoms with Crippen LogP contribution in [0.2, 0.25) is 10.0 Å². The third-order valence-electron chi connectivity index (χ3n) is 5.00. The van der Waals surface area contributed by atoms with Gasteiger partial charge in [-0.1, -0.05) is 40.2 Å². The van der Waals surface area contributed by atoms with Crippen molar-refractivity contribution in [3.05, 3.63) is 64.0 Å². The third-order valence-corrected chi connectivity index (χ3v) is 6.84. The smallest absolute Gasteiger partial charge is 0.194 e. The summed E-state index contributed by atoms with van der Waals surface area (Å²) >= 11 is 13.3. The largest absolute Gasteiger partial charge is 0.394 e. The van der Waals surface area contributed by atoms with Gasteiger partial charge in [-0.25, -0.2) is 17.9 Å². The van der Waals surface area contributed by atoms with Gasteiger partial charge in [0, 0.05) is 16.9 Å². The summed E-state index contributed by atoms with van der Waals surface area (Å²) in [4.78, 5) is 0.771. The highest BCUT2D eigenvalue weighted by Crippen LogP contribution is 2.39. The summed E-state index contributed by atoms with van der Waals surface area (Å²) in [6.45, 7) is -0.438. The van der Waals surface area contributed by atoms with E-state index in [1.54, 1.807) is 18.2 Å². The van der Waals surface area contributed by atoms with Gasteiger partial charge in [0.1, 0.15) is 23.3 Å². The molecular formula is C20H16Cl2F3N3O3S. The lowest BCUT2D eigenvalue weighted by atomic mass is 10.00. The van der Waals surface area contributed by atoms with Crippen LogP contribution in [0.5, 0.6) is 0 Å². The first-order valence-electron chi connectivity index (χ1n) is 9.39. The van der Waals surface area contributed by atoms with Crippen LogP contribution in [-0.4, -0.2) is 49.5 Å². The fourth-order valence-electron chi connectivity index (χ4n) is 3.38. The van der Waals surface area contributed by atoms with E-state index < -0.39 is 47.7 Å². The van der Waals surface area contributed by atoms with Crippen molar-refractivity contribution in [1.82, 2.24) is 15.0 Å². The third kappa shape index (κ3) is 4.75. The molecule has 1 aliphatic heterocycles. The number of aliphatic hydroxyl groups is 2. The highest BCUT2D eigenvalue weighted by molar-refractivity contribution is 7.99. The van der Waals surface area contributed by atoms with Gasteiger partial charge in [-0.3, -0.25) is 0 Å². The molecule has 6 nitrogen and oxygen atoms in total. The van der Waals surface area contributed by atoms with Crippen LogP contribution in [0, 0.1) is 17.5 Å². The molecule has 0 saturated carbocycles. The molecule has 0 aliphatic carbocycles. The zero-order valence-electron chi connectivity index (χ0n) is 16.1. The summed E-state index contributed by atoms with van der Waals surface area (Å²) < 4.78 is 47.5. The minimum absolute atomic E-state index is 0.00496. The Morgan fingerprint density at radius 3 is 2.50 bits per heavy atom. The predicted molar refractivity (Wildman–Crippen MR) is 113 cm³/mol. The predicted octanol–water partition coefficient (Wildman–Crippen LogP) is 4.47. The van der Waals surface area contributed by atoms with E-state index >= 15 is 0 Å². The number of thioether (sulfide) groups is 1. The molecule has 0 spiro atoms. The molecule has 1 aromatic heterocycles. The van der Waals surface area contributed by atoms with Gasteiger partial charge in [-0.15, -0.1) is 5.10 Å². The van der Waals surface area contributed by atoms with Crippen molar-refractivity contribution in [1.29, 1.82) is 0 Å². The lowest BCUT2D eigenvalue weighted by Crippen LogP contribution is -2.47. The topological polar surface area (TPSA) is 80.4 Å². The van der Waals surface area contributed by atoms with Gasteiger partial charge in [0.15, 0.2) is 17.5 Å². The van der Waals surface area contributed by atoms with E-state index in [0.717, 1.165) is 17.0 Å². The van der Waals surface area contributed by atoms with Crippen molar-refractivity contribution in [3.63, 3.8) is 0 Å². The lowest BCUT2D eigenvalue weighted by Gasteiger charge is -2.38. The Hall–Kier alpha value is -1.82. The zero-order valence-corrected chi connectivity index (χ0v) is 18.5. The van der Waals surface area contributed by atoms with Crippen molar-refractivity contribution < 1.29 is 28.1 Å². The molecule has 1 fully saturated rings. The van der Waals surface area contributed by atoms with E-state index in [1.165, 1.54) is 22.6 Å². The van der Waals surface area contributed by atoms with Gasteiger partial charge < -0.3 is 14.9 Å². The van der Waals surface area contributed by atoms with Gasteiger partial charge in [0.2, 0.25) is 0 Å². The average Bonchev–Trinajstić information content (AvgIpc) is 3.25. The monoisotopic (exact) mass is 505 g/mol. The zero-order chi connectivity index (χ0) is 23.0. The van der Waals surface area contributed by atoms with Crippen LogP contribution in [0.15, 0.2) is 41.4 Å². The molecular weight excluding hydrogens is 490 g/mol. The van der Waals surface area contributed by atoms with Crippen LogP contribution in [-0.2, 0) is 4.74 Å². The van der Waals surface area contributed by atoms with E-state index in [4.69, 9.17) is 27.9 Å². The Balaban J connectivity index is 1.58. The number of aromatic nitrogens is 3. The van der Waals surface area contributed by atoms with E-state index in [-0.39, 0.29) is 17.7 Å². The maximum Gasteiger partial charge on any atom is 0.194 e. The number of hydrogen-bond acceptors (Lipinski definition) is 6. The number of rotatable bonds is 5. The normalized spacial score (nSPS) is 23.5. The Morgan fingerprint density at radius 1 is 1.12 bits per heavy atom. The van der Waals surface area contributed by atoms with Crippen molar-refractivity contribution in [2.45, 2.75) is 35.0 Å². The number of hydrogen-bond donors (Lipinski definition) is 2. The summed E-state index contributed by atoms with van der Waals surface area (Å²) in [5, 5.41) is 29.0. The van der Waals surface area contributed by atoms with Crippen LogP contribution in [0.4, 0.5) is 13.2 Å². The number of nitrogens with zero attached hydrogens (tertiary/aromatic N) is 3. The molecule has 170 valence electrons. The van der Waals surface area contributed by atoms with Crippen molar-refractivity contribution >= 4 is 35.0 Å². The standard InChI is InChI=1S/C20H16Cl2F3N3O3S/c21-11-2-1-10(5-12(11)22)32-18-6-16(20(30)17(8-29)31-18)28-7-15(26-27-28)9-3-13(23)19(25)14(24)4-9/h1-5,7,16-18,20,29-30H,6,8H2/t16-,17-,18-,20+/m1/s1. The molecule has 4 rings (SSSR count). The van der Waals surface area contributed by atoms with E-state index in [0.29, 0.717) is 10.0 Å². The van der Waals surface area contributed by atoms with Crippen LogP contribution < -0.4 is 0 Å². The van der Waals surface area contributed by atoms with Gasteiger partial charge >= 0.3 is 0 Å². The number of ether oxygens (including phenoxy) is 1. The van der Waals surface area contributed by atoms with Gasteiger partial charge in [-0.05, 0) is 30.3 Å². The van der Waals surface area contributed by atoms with Gasteiger partial charge in [-0.2, -0.15) is 0 Å². The van der Waals surface area contributed by atoms with Crippen molar-refractivity contribution in [2.24, 2.45) is 0 Å². The molecule has 2 aromatic carbocycles. The summed E-state index contributed by atoms with van der Waals surface area (Å²) in [5.41, 5.74) is -0.392. The van der Waals surface area contributed by atoms with Crippen molar-refractivity contribution in [3.8, 4) is 11.3 Å². The fraction of sp³-hybridized carbons (Fsp3) is 0.300. The molecule has 0 bridgehead atoms. The van der Waals surface area contributed by atoms with Gasteiger partial charge in [0.05, 0.1) is 28.9 Å². The lowest BCUT2D eigenvalue weighted by molar-refractivity contribution is -0.130. The van der Waals surface area contributed by atoms with E-state index in [2.05, 4.69) is 10.3 Å². The van der Waals surface area contributed by atoms with E-state index in [9.17, 15) is 23.4 Å². The number of aliphatic hydroxyl groups excluding tert-OH is 2. The Labute approximate surface area is 194 Å². The van der Waals surface area contributed by atoms with E-state index in [1.807, 2.05) is 0 Å². The average molecular weight is 506 g/mol. The first-order chi connectivity index (χ1) is 15.3. The molecule has 12 heteroatoms. The molecule has 1 aliphatic rings. The Kier molecular flexibility index (Phi) is 6.99. The fourth-order valence-corrected chi connectivity index (χ4v) is 4.87. The molecule has 0 unspecified atom stereocenters. The molecule has 4 atom stereocenters. The summed E-state index contributed by atoms with van der Waals surface area (Å²) in [7, 11) is 0. The number of halogens is 5. The maximum atomic E-state index is 13.6. The van der Waals surface area contributed by atoms with Crippen LogP contribution >= 0.6 is 35.0 Å². The highest BCUT2D eigenvalue weighted by atomic mass is 35.5. The minimum atomic E-state index is -1.58. The van der Waals surface area contributed by atoms with Crippen LogP contribution in [0.1, 0.15) is 12.5 Å². The van der Waals surface area contributed by atoms with Gasteiger partial charge in [0.25, 0.3) is 0 Å². The Bertz CT molecular complexity index is 1110. The highest BCUT2D eigenvalue weighted by Gasteiger charge is 2.39. The SMILES string of the molecule is OC[C@H]1O[C@H](Sc2ccc(Cl)c(Cl)c2)C[C@@H](n2cc(-c3cc(F)c(F)c(F)c3)nn2)[C@@H]1O. The first kappa shape index (κ1) is 23.3. The molecule has 1 saturated heterocycles. The van der Waals surface area contributed by atoms with Crippen LogP contribution in [0.3, 0.4) is 0 Å². The number of benzene rings is 2.